The van der Waals surface area contributed by atoms with E-state index in [1.54, 1.807) is 15.5 Å². The number of benzene rings is 4. The molecule has 0 bridgehead atoms. The summed E-state index contributed by atoms with van der Waals surface area (Å²) in [5, 5.41) is 0. The third kappa shape index (κ3) is 3.45. The summed E-state index contributed by atoms with van der Waals surface area (Å²) in [6, 6.07) is 38.3. The number of rotatable bonds is 4. The number of fused-ring (bicyclic) bond motifs is 3. The SMILES string of the molecule is C1=CC[C]([Hf](=[C](c2ccccc2)c2ccccc2)[c]2cccc3c2Cc2ccccc2-3)=C1. The van der Waals surface area contributed by atoms with Crippen LogP contribution in [0.2, 0.25) is 0 Å². The first-order chi connectivity index (χ1) is 15.9. The van der Waals surface area contributed by atoms with E-state index in [9.17, 15) is 0 Å². The molecule has 6 rings (SSSR count). The fourth-order valence-electron chi connectivity index (χ4n) is 5.16. The second-order valence-corrected chi connectivity index (χ2v) is 17.2. The standard InChI is InChI=1S/C13H9.C13H10.C5H5.Hf/c1-3-7-12-10(5-1)9-11-6-2-4-8-13(11)12;1-3-7-12(8-4-1)11-13-9-5-2-6-10-13;1-2-4-5-3-1;/h1-5,7-8H,9H2;1-10H;1-3H,4H2;. The van der Waals surface area contributed by atoms with Gasteiger partial charge in [-0.1, -0.05) is 0 Å². The second kappa shape index (κ2) is 8.56. The maximum absolute atomic E-state index is 2.68. The molecule has 0 fully saturated rings. The van der Waals surface area contributed by atoms with Crippen molar-refractivity contribution in [2.75, 3.05) is 0 Å². The van der Waals surface area contributed by atoms with Gasteiger partial charge in [-0.25, -0.2) is 0 Å². The Bertz CT molecular complexity index is 1350. The molecular weight excluding hydrogens is 551 g/mol. The van der Waals surface area contributed by atoms with E-state index in [1.165, 1.54) is 27.8 Å². The van der Waals surface area contributed by atoms with Crippen molar-refractivity contribution in [1.29, 1.82) is 0 Å². The Kier molecular flexibility index (Phi) is 5.29. The van der Waals surface area contributed by atoms with Gasteiger partial charge in [0.05, 0.1) is 0 Å². The summed E-state index contributed by atoms with van der Waals surface area (Å²) in [6.45, 7) is 0. The van der Waals surface area contributed by atoms with Crippen LogP contribution in [0.5, 0.6) is 0 Å². The molecule has 0 amide bonds. The molecule has 0 radical (unpaired) electrons. The van der Waals surface area contributed by atoms with Gasteiger partial charge < -0.3 is 0 Å². The summed E-state index contributed by atoms with van der Waals surface area (Å²) in [5.41, 5.74) is 8.71. The van der Waals surface area contributed by atoms with Crippen molar-refractivity contribution in [1.82, 2.24) is 0 Å². The third-order valence-corrected chi connectivity index (χ3v) is 17.7. The van der Waals surface area contributed by atoms with E-state index in [0.717, 1.165) is 12.8 Å². The summed E-state index contributed by atoms with van der Waals surface area (Å²) in [7, 11) is 0. The van der Waals surface area contributed by atoms with Gasteiger partial charge in [-0.05, 0) is 0 Å². The Morgan fingerprint density at radius 1 is 0.625 bits per heavy atom. The Morgan fingerprint density at radius 2 is 1.28 bits per heavy atom. The molecule has 32 heavy (non-hydrogen) atoms. The Hall–Kier alpha value is -2.90. The molecule has 0 aliphatic heterocycles. The zero-order valence-electron chi connectivity index (χ0n) is 18.0. The van der Waals surface area contributed by atoms with Crippen LogP contribution in [0.1, 0.15) is 28.7 Å². The van der Waals surface area contributed by atoms with Gasteiger partial charge >= 0.3 is 198 Å². The van der Waals surface area contributed by atoms with Crippen molar-refractivity contribution in [2.24, 2.45) is 0 Å². The Morgan fingerprint density at radius 3 is 1.97 bits per heavy atom. The van der Waals surface area contributed by atoms with Gasteiger partial charge in [0, 0.05) is 0 Å². The van der Waals surface area contributed by atoms with Gasteiger partial charge in [-0.15, -0.1) is 0 Å². The molecule has 0 N–H and O–H groups in total. The molecule has 0 unspecified atom stereocenters. The van der Waals surface area contributed by atoms with E-state index in [-0.39, 0.29) is 0 Å². The van der Waals surface area contributed by atoms with Crippen molar-refractivity contribution in [3.05, 3.63) is 147 Å². The number of allylic oxidation sites excluding steroid dienone is 4. The molecule has 0 heterocycles. The van der Waals surface area contributed by atoms with Crippen molar-refractivity contribution in [3.63, 3.8) is 0 Å². The molecule has 0 saturated carbocycles. The zero-order chi connectivity index (χ0) is 21.3. The molecule has 0 spiro atoms. The molecule has 0 aromatic heterocycles. The number of hydrogen-bond acceptors (Lipinski definition) is 0. The summed E-state index contributed by atoms with van der Waals surface area (Å²) in [4.78, 5) is 0. The maximum atomic E-state index is 2.46. The van der Waals surface area contributed by atoms with Gasteiger partial charge in [-0.3, -0.25) is 0 Å². The van der Waals surface area contributed by atoms with E-state index in [4.69, 9.17) is 0 Å². The zero-order valence-corrected chi connectivity index (χ0v) is 21.6. The predicted octanol–water partition coefficient (Wildman–Crippen LogP) is 6.61. The van der Waals surface area contributed by atoms with E-state index < -0.39 is 21.0 Å². The van der Waals surface area contributed by atoms with Crippen LogP contribution in [0.25, 0.3) is 11.1 Å². The summed E-state index contributed by atoms with van der Waals surface area (Å²) in [6.07, 6.45) is 9.20. The van der Waals surface area contributed by atoms with Gasteiger partial charge in [0.1, 0.15) is 0 Å². The Labute approximate surface area is 197 Å². The molecule has 0 nitrogen and oxygen atoms in total. The molecule has 152 valence electrons. The van der Waals surface area contributed by atoms with Crippen LogP contribution in [0.4, 0.5) is 0 Å². The summed E-state index contributed by atoms with van der Waals surface area (Å²) >= 11 is -2.68. The van der Waals surface area contributed by atoms with Crippen molar-refractivity contribution in [3.8, 4) is 11.1 Å². The molecule has 2 aliphatic carbocycles. The fourth-order valence-corrected chi connectivity index (χ4v) is 16.7. The molecule has 2 aliphatic rings. The first kappa shape index (κ1) is 19.8. The molecule has 0 atom stereocenters. The minimum absolute atomic E-state index is 1.06. The third-order valence-electron chi connectivity index (χ3n) is 6.59. The monoisotopic (exact) mass is 576 g/mol. The van der Waals surface area contributed by atoms with Crippen LogP contribution >= 0.6 is 0 Å². The molecule has 4 aromatic rings. The number of hydrogen-bond donors (Lipinski definition) is 0. The van der Waals surface area contributed by atoms with Crippen LogP contribution in [0, 0.1) is 0 Å². The van der Waals surface area contributed by atoms with Crippen LogP contribution in [-0.4, -0.2) is 3.26 Å². The van der Waals surface area contributed by atoms with Crippen LogP contribution in [0.15, 0.2) is 125 Å². The van der Waals surface area contributed by atoms with E-state index >= 15 is 0 Å². The van der Waals surface area contributed by atoms with Crippen molar-refractivity contribution < 1.29 is 21.0 Å². The quantitative estimate of drug-likeness (QED) is 0.212. The molecular formula is C31H24Hf. The molecule has 0 saturated heterocycles. The van der Waals surface area contributed by atoms with Gasteiger partial charge in [0.15, 0.2) is 0 Å². The average Bonchev–Trinajstić information content (AvgIpc) is 3.52. The van der Waals surface area contributed by atoms with Gasteiger partial charge in [0.25, 0.3) is 0 Å². The van der Waals surface area contributed by atoms with Crippen LogP contribution in [-0.2, 0) is 27.4 Å². The van der Waals surface area contributed by atoms with Gasteiger partial charge in [-0.2, -0.15) is 0 Å². The Balaban J connectivity index is 1.68. The first-order valence-electron chi connectivity index (χ1n) is 11.3. The summed E-state index contributed by atoms with van der Waals surface area (Å²) in [5.74, 6) is 0. The normalized spacial score (nSPS) is 13.4. The van der Waals surface area contributed by atoms with Crippen LogP contribution < -0.4 is 3.32 Å². The van der Waals surface area contributed by atoms with Crippen LogP contribution in [0.3, 0.4) is 0 Å². The average molecular weight is 575 g/mol. The van der Waals surface area contributed by atoms with Crippen molar-refractivity contribution in [2.45, 2.75) is 12.8 Å². The molecule has 4 aromatic carbocycles. The fraction of sp³-hybridized carbons (Fsp3) is 0.0645. The van der Waals surface area contributed by atoms with E-state index in [1.807, 2.05) is 0 Å². The van der Waals surface area contributed by atoms with Crippen molar-refractivity contribution >= 4 is 6.58 Å². The molecule has 1 heteroatoms. The van der Waals surface area contributed by atoms with E-state index in [0.29, 0.717) is 0 Å². The predicted molar refractivity (Wildman–Crippen MR) is 132 cm³/mol. The van der Waals surface area contributed by atoms with Gasteiger partial charge in [0.2, 0.25) is 0 Å². The second-order valence-electron chi connectivity index (χ2n) is 8.47. The first-order valence-corrected chi connectivity index (χ1v) is 16.7. The van der Waals surface area contributed by atoms with E-state index in [2.05, 4.69) is 121 Å². The minimum atomic E-state index is -2.68. The topological polar surface area (TPSA) is 0 Å². The summed E-state index contributed by atoms with van der Waals surface area (Å²) < 4.78 is 4.94.